The molecular weight excluding hydrogens is 228 g/mol. The zero-order valence-corrected chi connectivity index (χ0v) is 11.1. The molecule has 0 aliphatic heterocycles. The molecule has 0 fully saturated rings. The summed E-state index contributed by atoms with van der Waals surface area (Å²) in [6.45, 7) is 3.04. The van der Waals surface area contributed by atoms with Crippen molar-refractivity contribution >= 4 is 22.7 Å². The Morgan fingerprint density at radius 3 is 2.76 bits per heavy atom. The van der Waals surface area contributed by atoms with Crippen LogP contribution >= 0.6 is 11.3 Å². The van der Waals surface area contributed by atoms with Crippen LogP contribution in [0.5, 0.6) is 0 Å². The quantitative estimate of drug-likeness (QED) is 0.839. The highest BCUT2D eigenvalue weighted by Crippen LogP contribution is 2.25. The second-order valence-electron chi connectivity index (χ2n) is 4.26. The van der Waals surface area contributed by atoms with Gasteiger partial charge in [0.2, 0.25) is 0 Å². The largest absolute Gasteiger partial charge is 0.397 e. The summed E-state index contributed by atoms with van der Waals surface area (Å²) in [5.74, 6) is 0. The molecule has 2 rings (SSSR count). The van der Waals surface area contributed by atoms with E-state index in [1.165, 1.54) is 4.88 Å². The fourth-order valence-electron chi connectivity index (χ4n) is 1.85. The summed E-state index contributed by atoms with van der Waals surface area (Å²) in [5, 5.41) is 2.12. The Balaban J connectivity index is 2.04. The summed E-state index contributed by atoms with van der Waals surface area (Å²) in [7, 11) is 2.10. The lowest BCUT2D eigenvalue weighted by atomic mass is 10.1. The minimum absolute atomic E-state index is 0.890. The maximum atomic E-state index is 6.09. The lowest BCUT2D eigenvalue weighted by Gasteiger charge is -2.21. The third-order valence-corrected chi connectivity index (χ3v) is 3.92. The van der Waals surface area contributed by atoms with Crippen LogP contribution in [-0.4, -0.2) is 13.6 Å². The molecule has 3 heteroatoms. The number of para-hydroxylation sites is 1. The van der Waals surface area contributed by atoms with E-state index in [1.807, 2.05) is 24.3 Å². The number of hydrogen-bond acceptors (Lipinski definition) is 3. The van der Waals surface area contributed by atoms with Gasteiger partial charge in [0.15, 0.2) is 0 Å². The summed E-state index contributed by atoms with van der Waals surface area (Å²) in [6.07, 6.45) is 1.07. The molecule has 17 heavy (non-hydrogen) atoms. The van der Waals surface area contributed by atoms with Gasteiger partial charge in [-0.1, -0.05) is 18.2 Å². The van der Waals surface area contributed by atoms with Crippen molar-refractivity contribution in [1.29, 1.82) is 0 Å². The lowest BCUT2D eigenvalue weighted by molar-refractivity contribution is 0.888. The van der Waals surface area contributed by atoms with Gasteiger partial charge in [0.1, 0.15) is 0 Å². The van der Waals surface area contributed by atoms with Crippen molar-refractivity contribution in [2.24, 2.45) is 0 Å². The molecule has 0 bridgehead atoms. The van der Waals surface area contributed by atoms with Crippen LogP contribution in [0.4, 0.5) is 11.4 Å². The van der Waals surface area contributed by atoms with E-state index in [1.54, 1.807) is 0 Å². The Labute approximate surface area is 107 Å². The topological polar surface area (TPSA) is 29.3 Å². The summed E-state index contributed by atoms with van der Waals surface area (Å²) in [5.41, 5.74) is 9.25. The Hall–Kier alpha value is -1.48. The van der Waals surface area contributed by atoms with Gasteiger partial charge in [-0.2, -0.15) is 0 Å². The van der Waals surface area contributed by atoms with Gasteiger partial charge in [-0.15, -0.1) is 11.3 Å². The second-order valence-corrected chi connectivity index (χ2v) is 5.29. The highest BCUT2D eigenvalue weighted by atomic mass is 32.1. The minimum atomic E-state index is 0.890. The van der Waals surface area contributed by atoms with Crippen LogP contribution in [0.3, 0.4) is 0 Å². The number of anilines is 2. The number of thiophene rings is 1. The van der Waals surface area contributed by atoms with E-state index >= 15 is 0 Å². The molecular formula is C14H18N2S. The fourth-order valence-corrected chi connectivity index (χ4v) is 2.55. The Morgan fingerprint density at radius 2 is 2.06 bits per heavy atom. The van der Waals surface area contributed by atoms with E-state index in [0.29, 0.717) is 0 Å². The molecule has 0 unspecified atom stereocenters. The number of aryl methyl sites for hydroxylation is 1. The van der Waals surface area contributed by atoms with E-state index in [2.05, 4.69) is 41.6 Å². The zero-order valence-electron chi connectivity index (χ0n) is 10.3. The molecule has 1 heterocycles. The fraction of sp³-hybridized carbons (Fsp3) is 0.286. The molecule has 2 aromatic rings. The molecule has 0 atom stereocenters. The van der Waals surface area contributed by atoms with Gasteiger partial charge in [-0.25, -0.2) is 0 Å². The SMILES string of the molecule is Cc1cccc(N(C)CCc2cccs2)c1N. The third-order valence-electron chi connectivity index (χ3n) is 2.99. The molecule has 0 aliphatic rings. The summed E-state index contributed by atoms with van der Waals surface area (Å²) < 4.78 is 0. The molecule has 0 saturated heterocycles. The van der Waals surface area contributed by atoms with Crippen LogP contribution in [-0.2, 0) is 6.42 Å². The third kappa shape index (κ3) is 2.80. The summed E-state index contributed by atoms with van der Waals surface area (Å²) in [6, 6.07) is 10.5. The Kier molecular flexibility index (Phi) is 3.69. The van der Waals surface area contributed by atoms with Gasteiger partial charge < -0.3 is 10.6 Å². The zero-order chi connectivity index (χ0) is 12.3. The lowest BCUT2D eigenvalue weighted by Crippen LogP contribution is -2.21. The normalized spacial score (nSPS) is 10.5. The van der Waals surface area contributed by atoms with Crippen LogP contribution in [0.15, 0.2) is 35.7 Å². The number of nitrogens with two attached hydrogens (primary N) is 1. The summed E-state index contributed by atoms with van der Waals surface area (Å²) in [4.78, 5) is 3.64. The molecule has 0 amide bonds. The van der Waals surface area contributed by atoms with E-state index in [4.69, 9.17) is 5.73 Å². The first kappa shape index (κ1) is 12.0. The van der Waals surface area contributed by atoms with Crippen molar-refractivity contribution in [3.8, 4) is 0 Å². The highest BCUT2D eigenvalue weighted by Gasteiger charge is 2.06. The van der Waals surface area contributed by atoms with E-state index < -0.39 is 0 Å². The van der Waals surface area contributed by atoms with E-state index in [-0.39, 0.29) is 0 Å². The standard InChI is InChI=1S/C14H18N2S/c1-11-5-3-7-13(14(11)15)16(2)9-8-12-6-4-10-17-12/h3-7,10H,8-9,15H2,1-2H3. The van der Waals surface area contributed by atoms with E-state index in [9.17, 15) is 0 Å². The second kappa shape index (κ2) is 5.23. The number of nitrogens with zero attached hydrogens (tertiary/aromatic N) is 1. The van der Waals surface area contributed by atoms with Crippen molar-refractivity contribution in [3.05, 3.63) is 46.2 Å². The number of rotatable bonds is 4. The molecule has 1 aromatic carbocycles. The van der Waals surface area contributed by atoms with Gasteiger partial charge in [-0.05, 0) is 36.4 Å². The minimum Gasteiger partial charge on any atom is -0.397 e. The molecule has 2 N–H and O–H groups in total. The van der Waals surface area contributed by atoms with E-state index in [0.717, 1.165) is 29.9 Å². The molecule has 2 nitrogen and oxygen atoms in total. The van der Waals surface area contributed by atoms with Gasteiger partial charge in [0.05, 0.1) is 11.4 Å². The summed E-state index contributed by atoms with van der Waals surface area (Å²) >= 11 is 1.81. The highest BCUT2D eigenvalue weighted by molar-refractivity contribution is 7.09. The number of benzene rings is 1. The van der Waals surface area contributed by atoms with Crippen LogP contribution in [0.1, 0.15) is 10.4 Å². The molecule has 1 aromatic heterocycles. The van der Waals surface area contributed by atoms with Crippen molar-refractivity contribution in [2.45, 2.75) is 13.3 Å². The smallest absolute Gasteiger partial charge is 0.0600 e. The first-order valence-corrected chi connectivity index (χ1v) is 6.65. The molecule has 0 radical (unpaired) electrons. The Morgan fingerprint density at radius 1 is 1.24 bits per heavy atom. The van der Waals surface area contributed by atoms with Crippen LogP contribution < -0.4 is 10.6 Å². The maximum absolute atomic E-state index is 6.09. The number of likely N-dealkylation sites (N-methyl/N-ethyl adjacent to an activating group) is 1. The number of nitrogen functional groups attached to an aromatic ring is 1. The van der Waals surface area contributed by atoms with Crippen molar-refractivity contribution in [1.82, 2.24) is 0 Å². The van der Waals surface area contributed by atoms with Gasteiger partial charge in [-0.3, -0.25) is 0 Å². The average Bonchev–Trinajstić information content (AvgIpc) is 2.82. The predicted molar refractivity (Wildman–Crippen MR) is 76.9 cm³/mol. The van der Waals surface area contributed by atoms with Crippen LogP contribution in [0, 0.1) is 6.92 Å². The van der Waals surface area contributed by atoms with Gasteiger partial charge in [0, 0.05) is 18.5 Å². The number of hydrogen-bond donors (Lipinski definition) is 1. The molecule has 0 aliphatic carbocycles. The average molecular weight is 246 g/mol. The van der Waals surface area contributed by atoms with Crippen molar-refractivity contribution in [2.75, 3.05) is 24.2 Å². The molecule has 0 saturated carbocycles. The predicted octanol–water partition coefficient (Wildman–Crippen LogP) is 3.32. The van der Waals surface area contributed by atoms with Crippen molar-refractivity contribution < 1.29 is 0 Å². The van der Waals surface area contributed by atoms with Crippen molar-refractivity contribution in [3.63, 3.8) is 0 Å². The molecule has 90 valence electrons. The first-order valence-electron chi connectivity index (χ1n) is 5.77. The maximum Gasteiger partial charge on any atom is 0.0600 e. The molecule has 0 spiro atoms. The monoisotopic (exact) mass is 246 g/mol. The van der Waals surface area contributed by atoms with Gasteiger partial charge >= 0.3 is 0 Å². The Bertz CT molecular complexity index is 477. The van der Waals surface area contributed by atoms with Gasteiger partial charge in [0.25, 0.3) is 0 Å². The first-order chi connectivity index (χ1) is 8.18. The van der Waals surface area contributed by atoms with Crippen LogP contribution in [0.2, 0.25) is 0 Å². The van der Waals surface area contributed by atoms with Crippen LogP contribution in [0.25, 0.3) is 0 Å².